The van der Waals surface area contributed by atoms with Crippen LogP contribution in [0.4, 0.5) is 0 Å². The monoisotopic (exact) mass is 519 g/mol. The third-order valence-electron chi connectivity index (χ3n) is 7.39. The van der Waals surface area contributed by atoms with Gasteiger partial charge in [0.2, 0.25) is 0 Å². The van der Waals surface area contributed by atoms with Gasteiger partial charge in [0.05, 0.1) is 12.4 Å². The van der Waals surface area contributed by atoms with Crippen molar-refractivity contribution in [1.29, 1.82) is 0 Å². The molecule has 3 aliphatic rings. The van der Waals surface area contributed by atoms with Crippen LogP contribution in [0.15, 0.2) is 41.3 Å². The molecule has 0 N–H and O–H groups in total. The van der Waals surface area contributed by atoms with Gasteiger partial charge in [-0.25, -0.2) is 8.42 Å². The molecule has 0 atom stereocenters. The largest absolute Gasteiger partial charge is 0.492 e. The first kappa shape index (κ1) is 24.7. The Kier molecular flexibility index (Phi) is 6.69. The van der Waals surface area contributed by atoms with Gasteiger partial charge in [0.15, 0.2) is 9.84 Å². The van der Waals surface area contributed by atoms with Gasteiger partial charge in [0.25, 0.3) is 10.2 Å². The van der Waals surface area contributed by atoms with E-state index in [1.165, 1.54) is 33.8 Å². The Balaban J connectivity index is 1.27. The summed E-state index contributed by atoms with van der Waals surface area (Å²) in [6.07, 6.45) is 1.90. The molecule has 0 aliphatic carbocycles. The molecule has 8 nitrogen and oxygen atoms in total. The normalized spacial score (nSPS) is 20.8. The highest BCUT2D eigenvalue weighted by Crippen LogP contribution is 2.38. The molecule has 2 aromatic carbocycles. The Morgan fingerprint density at radius 1 is 1.03 bits per heavy atom. The maximum absolute atomic E-state index is 12.9. The van der Waals surface area contributed by atoms with Gasteiger partial charge in [-0.1, -0.05) is 30.3 Å². The van der Waals surface area contributed by atoms with Crippen molar-refractivity contribution >= 4 is 20.0 Å². The third kappa shape index (κ3) is 4.86. The van der Waals surface area contributed by atoms with E-state index in [-0.39, 0.29) is 11.7 Å². The molecule has 3 heterocycles. The van der Waals surface area contributed by atoms with E-state index < -0.39 is 20.0 Å². The van der Waals surface area contributed by atoms with Crippen LogP contribution in [0.25, 0.3) is 0 Å². The minimum Gasteiger partial charge on any atom is -0.492 e. The van der Waals surface area contributed by atoms with Crippen molar-refractivity contribution in [1.82, 2.24) is 13.5 Å². The van der Waals surface area contributed by atoms with Gasteiger partial charge < -0.3 is 4.74 Å². The first-order chi connectivity index (χ1) is 16.6. The van der Waals surface area contributed by atoms with Gasteiger partial charge in [0.1, 0.15) is 10.6 Å². The number of hydrogen-bond acceptors (Lipinski definition) is 6. The molecule has 0 spiro atoms. The van der Waals surface area contributed by atoms with E-state index in [2.05, 4.69) is 29.2 Å². The Hall–Kier alpha value is -1.98. The van der Waals surface area contributed by atoms with Gasteiger partial charge in [0, 0.05) is 46.8 Å². The zero-order chi connectivity index (χ0) is 24.8. The summed E-state index contributed by atoms with van der Waals surface area (Å²) in [5.74, 6) is 0.747. The lowest BCUT2D eigenvalue weighted by molar-refractivity contribution is 0.179. The Bertz CT molecular complexity index is 1290. The molecule has 0 aromatic heterocycles. The van der Waals surface area contributed by atoms with E-state index in [0.717, 1.165) is 24.2 Å². The van der Waals surface area contributed by atoms with Crippen LogP contribution in [0, 0.1) is 5.92 Å². The highest BCUT2D eigenvalue weighted by molar-refractivity contribution is 7.91. The van der Waals surface area contributed by atoms with Gasteiger partial charge in [-0.2, -0.15) is 17.0 Å². The standard InChI is InChI=1S/C25H33N3O5S2/c1-26(2)35(31,32)28-12-9-19(10-13-28)18-33-24-8-7-22(23-11-14-34(29,30)25(23)24)17-27-15-20-5-3-4-6-21(20)16-27/h3-8,19H,9-18H2,1-2H3. The molecule has 35 heavy (non-hydrogen) atoms. The van der Waals surface area contributed by atoms with Crippen LogP contribution in [0.1, 0.15) is 35.1 Å². The molecule has 2 aromatic rings. The highest BCUT2D eigenvalue weighted by atomic mass is 32.2. The molecule has 5 rings (SSSR count). The molecule has 10 heteroatoms. The number of nitrogens with zero attached hydrogens (tertiary/aromatic N) is 3. The third-order valence-corrected chi connectivity index (χ3v) is 11.1. The van der Waals surface area contributed by atoms with Crippen molar-refractivity contribution < 1.29 is 21.6 Å². The average Bonchev–Trinajstić information content (AvgIpc) is 3.39. The van der Waals surface area contributed by atoms with Crippen molar-refractivity contribution in [3.8, 4) is 5.75 Å². The second-order valence-electron chi connectivity index (χ2n) is 9.96. The molecule has 3 aliphatic heterocycles. The number of ether oxygens (including phenoxy) is 1. The summed E-state index contributed by atoms with van der Waals surface area (Å²) < 4.78 is 59.4. The first-order valence-corrected chi connectivity index (χ1v) is 15.2. The van der Waals surface area contributed by atoms with Gasteiger partial charge in [-0.05, 0) is 53.5 Å². The van der Waals surface area contributed by atoms with Gasteiger partial charge in [-0.3, -0.25) is 4.90 Å². The van der Waals surface area contributed by atoms with E-state index in [0.29, 0.717) is 56.1 Å². The van der Waals surface area contributed by atoms with Crippen molar-refractivity contribution in [2.45, 2.75) is 43.8 Å². The van der Waals surface area contributed by atoms with Crippen LogP contribution < -0.4 is 4.74 Å². The molecular formula is C25H33N3O5S2. The Morgan fingerprint density at radius 2 is 1.69 bits per heavy atom. The van der Waals surface area contributed by atoms with Gasteiger partial charge in [-0.15, -0.1) is 0 Å². The fourth-order valence-corrected chi connectivity index (χ4v) is 8.22. The summed E-state index contributed by atoms with van der Waals surface area (Å²) in [6.45, 7) is 3.74. The number of sulfone groups is 1. The maximum atomic E-state index is 12.9. The molecule has 0 amide bonds. The highest BCUT2D eigenvalue weighted by Gasteiger charge is 2.34. The smallest absolute Gasteiger partial charge is 0.281 e. The second kappa shape index (κ2) is 9.48. The summed E-state index contributed by atoms with van der Waals surface area (Å²) in [7, 11) is -3.70. The summed E-state index contributed by atoms with van der Waals surface area (Å²) >= 11 is 0. The summed E-state index contributed by atoms with van der Waals surface area (Å²) in [4.78, 5) is 2.71. The lowest BCUT2D eigenvalue weighted by Gasteiger charge is -2.32. The summed E-state index contributed by atoms with van der Waals surface area (Å²) in [6, 6.07) is 12.3. The predicted molar refractivity (Wildman–Crippen MR) is 134 cm³/mol. The number of rotatable bonds is 7. The SMILES string of the molecule is CN(C)S(=O)(=O)N1CCC(COc2ccc(CN3Cc4ccccc4C3)c3c2S(=O)(=O)CC3)CC1. The minimum atomic E-state index is -3.40. The van der Waals surface area contributed by atoms with Crippen molar-refractivity contribution in [2.75, 3.05) is 39.5 Å². The van der Waals surface area contributed by atoms with Crippen molar-refractivity contribution in [3.63, 3.8) is 0 Å². The summed E-state index contributed by atoms with van der Waals surface area (Å²) in [5, 5.41) is 0. The zero-order valence-corrected chi connectivity index (χ0v) is 21.9. The zero-order valence-electron chi connectivity index (χ0n) is 20.3. The molecule has 190 valence electrons. The Morgan fingerprint density at radius 3 is 2.31 bits per heavy atom. The lowest BCUT2D eigenvalue weighted by atomic mass is 9.99. The van der Waals surface area contributed by atoms with E-state index in [1.54, 1.807) is 0 Å². The topological polar surface area (TPSA) is 87.2 Å². The molecule has 0 unspecified atom stereocenters. The maximum Gasteiger partial charge on any atom is 0.281 e. The predicted octanol–water partition coefficient (Wildman–Crippen LogP) is 2.43. The number of piperidine rings is 1. The van der Waals surface area contributed by atoms with Crippen LogP contribution in [0.3, 0.4) is 0 Å². The fourth-order valence-electron chi connectivity index (χ4n) is 5.36. The molecular weight excluding hydrogens is 486 g/mol. The van der Waals surface area contributed by atoms with Crippen LogP contribution in [-0.2, 0) is 46.1 Å². The first-order valence-electron chi connectivity index (χ1n) is 12.1. The Labute approximate surface area is 208 Å². The molecule has 0 radical (unpaired) electrons. The summed E-state index contributed by atoms with van der Waals surface area (Å²) in [5.41, 5.74) is 4.62. The second-order valence-corrected chi connectivity index (χ2v) is 14.1. The fraction of sp³-hybridized carbons (Fsp3) is 0.520. The molecule has 0 bridgehead atoms. The molecule has 0 saturated carbocycles. The van der Waals surface area contributed by atoms with Crippen LogP contribution in [-0.4, -0.2) is 69.9 Å². The van der Waals surface area contributed by atoms with Gasteiger partial charge >= 0.3 is 0 Å². The number of fused-ring (bicyclic) bond motifs is 2. The number of benzene rings is 2. The van der Waals surface area contributed by atoms with Crippen molar-refractivity contribution in [2.24, 2.45) is 5.92 Å². The average molecular weight is 520 g/mol. The van der Waals surface area contributed by atoms with E-state index in [1.807, 2.05) is 12.1 Å². The number of hydrogen-bond donors (Lipinski definition) is 0. The van der Waals surface area contributed by atoms with Crippen molar-refractivity contribution in [3.05, 3.63) is 58.7 Å². The molecule has 1 saturated heterocycles. The quantitative estimate of drug-likeness (QED) is 0.559. The van der Waals surface area contributed by atoms with Crippen LogP contribution in [0.5, 0.6) is 5.75 Å². The van der Waals surface area contributed by atoms with E-state index in [9.17, 15) is 16.8 Å². The minimum absolute atomic E-state index is 0.122. The van der Waals surface area contributed by atoms with E-state index >= 15 is 0 Å². The van der Waals surface area contributed by atoms with Crippen LogP contribution >= 0.6 is 0 Å². The lowest BCUT2D eigenvalue weighted by Crippen LogP contribution is -2.45. The van der Waals surface area contributed by atoms with Crippen LogP contribution in [0.2, 0.25) is 0 Å². The molecule has 1 fully saturated rings. The van der Waals surface area contributed by atoms with E-state index in [4.69, 9.17) is 4.74 Å².